The molecule has 0 aliphatic heterocycles. The zero-order valence-electron chi connectivity index (χ0n) is 8.77. The number of nitrogens with two attached hydrogens (primary N) is 1. The van der Waals surface area contributed by atoms with Gasteiger partial charge >= 0.3 is 0 Å². The van der Waals surface area contributed by atoms with E-state index in [1.807, 2.05) is 0 Å². The molecule has 0 aromatic heterocycles. The first kappa shape index (κ1) is 10.0. The highest BCUT2D eigenvalue weighted by Crippen LogP contribution is 2.33. The molecule has 72 valence electrons. The van der Waals surface area contributed by atoms with E-state index in [0.29, 0.717) is 11.5 Å². The van der Waals surface area contributed by atoms with E-state index < -0.39 is 0 Å². The van der Waals surface area contributed by atoms with Gasteiger partial charge in [0.2, 0.25) is 0 Å². The van der Waals surface area contributed by atoms with Crippen molar-refractivity contribution in [2.45, 2.75) is 58.9 Å². The van der Waals surface area contributed by atoms with Crippen molar-refractivity contribution in [1.82, 2.24) is 0 Å². The molecule has 1 aliphatic carbocycles. The Labute approximate surface area is 76.7 Å². The van der Waals surface area contributed by atoms with E-state index in [1.165, 1.54) is 32.1 Å². The Kier molecular flexibility index (Phi) is 3.16. The topological polar surface area (TPSA) is 26.0 Å². The van der Waals surface area contributed by atoms with Crippen LogP contribution < -0.4 is 5.73 Å². The minimum absolute atomic E-state index is 0.488. The summed E-state index contributed by atoms with van der Waals surface area (Å²) in [6, 6.07) is 0.492. The molecule has 2 atom stereocenters. The number of hydrogen-bond acceptors (Lipinski definition) is 1. The summed E-state index contributed by atoms with van der Waals surface area (Å²) in [5, 5.41) is 0. The third kappa shape index (κ3) is 3.57. The maximum Gasteiger partial charge on any atom is 0.00414 e. The van der Waals surface area contributed by atoms with Gasteiger partial charge in [-0.2, -0.15) is 0 Å². The van der Waals surface area contributed by atoms with Crippen LogP contribution >= 0.6 is 0 Å². The van der Waals surface area contributed by atoms with Crippen molar-refractivity contribution in [1.29, 1.82) is 0 Å². The molecule has 0 aromatic rings. The maximum atomic E-state index is 5.94. The minimum atomic E-state index is 0.488. The van der Waals surface area contributed by atoms with Crippen molar-refractivity contribution < 1.29 is 0 Å². The monoisotopic (exact) mass is 169 g/mol. The second-order valence-corrected chi connectivity index (χ2v) is 5.56. The summed E-state index contributed by atoms with van der Waals surface area (Å²) in [4.78, 5) is 0. The summed E-state index contributed by atoms with van der Waals surface area (Å²) in [5.74, 6) is 0.897. The lowest BCUT2D eigenvalue weighted by Gasteiger charge is -2.31. The predicted octanol–water partition coefficient (Wildman–Crippen LogP) is 2.94. The molecule has 2 N–H and O–H groups in total. The molecule has 1 fully saturated rings. The highest BCUT2D eigenvalue weighted by molar-refractivity contribution is 4.78. The van der Waals surface area contributed by atoms with Crippen LogP contribution in [0, 0.1) is 11.3 Å². The summed E-state index contributed by atoms with van der Waals surface area (Å²) in [6.07, 6.45) is 6.62. The average Bonchev–Trinajstić information content (AvgIpc) is 1.82. The van der Waals surface area contributed by atoms with Crippen molar-refractivity contribution in [3.05, 3.63) is 0 Å². The van der Waals surface area contributed by atoms with E-state index in [-0.39, 0.29) is 0 Å². The fourth-order valence-corrected chi connectivity index (χ4v) is 2.38. The molecule has 0 bridgehead atoms. The Morgan fingerprint density at radius 1 is 1.25 bits per heavy atom. The van der Waals surface area contributed by atoms with E-state index in [1.54, 1.807) is 0 Å². The van der Waals surface area contributed by atoms with Gasteiger partial charge in [0.15, 0.2) is 0 Å². The molecule has 0 unspecified atom stereocenters. The van der Waals surface area contributed by atoms with Gasteiger partial charge in [-0.3, -0.25) is 0 Å². The van der Waals surface area contributed by atoms with Gasteiger partial charge in [-0.05, 0) is 30.6 Å². The zero-order chi connectivity index (χ0) is 9.19. The van der Waals surface area contributed by atoms with Crippen LogP contribution in [0.2, 0.25) is 0 Å². The summed E-state index contributed by atoms with van der Waals surface area (Å²) < 4.78 is 0. The van der Waals surface area contributed by atoms with Crippen molar-refractivity contribution in [3.8, 4) is 0 Å². The predicted molar refractivity (Wildman–Crippen MR) is 54.0 cm³/mol. The standard InChI is InChI=1S/C11H23N/c1-11(2,3)8-9-5-4-6-10(12)7-9/h9-10H,4-8,12H2,1-3H3/t9-,10-/m0/s1. The summed E-state index contributed by atoms with van der Waals surface area (Å²) in [7, 11) is 0. The minimum Gasteiger partial charge on any atom is -0.328 e. The van der Waals surface area contributed by atoms with Crippen molar-refractivity contribution in [3.63, 3.8) is 0 Å². The van der Waals surface area contributed by atoms with Crippen LogP contribution in [-0.2, 0) is 0 Å². The van der Waals surface area contributed by atoms with Crippen LogP contribution in [0.1, 0.15) is 52.9 Å². The molecule has 1 aliphatic rings. The Hall–Kier alpha value is -0.0400. The van der Waals surface area contributed by atoms with E-state index in [4.69, 9.17) is 5.73 Å². The van der Waals surface area contributed by atoms with Crippen LogP contribution in [0.4, 0.5) is 0 Å². The maximum absolute atomic E-state index is 5.94. The van der Waals surface area contributed by atoms with Crippen molar-refractivity contribution in [2.75, 3.05) is 0 Å². The normalized spacial score (nSPS) is 32.0. The van der Waals surface area contributed by atoms with E-state index in [9.17, 15) is 0 Å². The van der Waals surface area contributed by atoms with Gasteiger partial charge in [0.25, 0.3) is 0 Å². The fourth-order valence-electron chi connectivity index (χ4n) is 2.38. The first-order valence-corrected chi connectivity index (χ1v) is 5.23. The van der Waals surface area contributed by atoms with Crippen LogP contribution in [0.25, 0.3) is 0 Å². The van der Waals surface area contributed by atoms with Gasteiger partial charge in [-0.25, -0.2) is 0 Å². The molecule has 1 nitrogen and oxygen atoms in total. The Morgan fingerprint density at radius 2 is 1.92 bits per heavy atom. The van der Waals surface area contributed by atoms with E-state index in [0.717, 1.165) is 5.92 Å². The highest BCUT2D eigenvalue weighted by atomic mass is 14.6. The quantitative estimate of drug-likeness (QED) is 0.641. The Bertz CT molecular complexity index is 134. The van der Waals surface area contributed by atoms with Gasteiger partial charge in [0.1, 0.15) is 0 Å². The van der Waals surface area contributed by atoms with E-state index in [2.05, 4.69) is 20.8 Å². The second-order valence-electron chi connectivity index (χ2n) is 5.56. The van der Waals surface area contributed by atoms with Gasteiger partial charge in [0, 0.05) is 6.04 Å². The zero-order valence-corrected chi connectivity index (χ0v) is 8.77. The van der Waals surface area contributed by atoms with Gasteiger partial charge in [-0.1, -0.05) is 33.6 Å². The van der Waals surface area contributed by atoms with Crippen molar-refractivity contribution >= 4 is 0 Å². The third-order valence-corrected chi connectivity index (χ3v) is 2.72. The van der Waals surface area contributed by atoms with Crippen molar-refractivity contribution in [2.24, 2.45) is 17.1 Å². The van der Waals surface area contributed by atoms with Crippen LogP contribution in [0.5, 0.6) is 0 Å². The first-order chi connectivity index (χ1) is 5.47. The molecule has 1 saturated carbocycles. The average molecular weight is 169 g/mol. The smallest absolute Gasteiger partial charge is 0.00414 e. The SMILES string of the molecule is CC(C)(C)C[C@H]1CCC[C@H](N)C1. The van der Waals surface area contributed by atoms with Gasteiger partial charge in [0.05, 0.1) is 0 Å². The summed E-state index contributed by atoms with van der Waals surface area (Å²) in [6.45, 7) is 6.98. The summed E-state index contributed by atoms with van der Waals surface area (Å²) >= 11 is 0. The van der Waals surface area contributed by atoms with Crippen LogP contribution in [0.3, 0.4) is 0 Å². The number of hydrogen-bond donors (Lipinski definition) is 1. The molecule has 0 saturated heterocycles. The molecule has 1 heteroatoms. The first-order valence-electron chi connectivity index (χ1n) is 5.23. The molecular weight excluding hydrogens is 146 g/mol. The highest BCUT2D eigenvalue weighted by Gasteiger charge is 2.23. The lowest BCUT2D eigenvalue weighted by atomic mass is 9.76. The molecule has 12 heavy (non-hydrogen) atoms. The fraction of sp³-hybridized carbons (Fsp3) is 1.00. The second kappa shape index (κ2) is 3.78. The molecule has 0 heterocycles. The molecule has 0 amide bonds. The third-order valence-electron chi connectivity index (χ3n) is 2.72. The number of rotatable bonds is 1. The molecule has 1 rings (SSSR count). The van der Waals surface area contributed by atoms with Crippen LogP contribution in [0.15, 0.2) is 0 Å². The van der Waals surface area contributed by atoms with Crippen LogP contribution in [-0.4, -0.2) is 6.04 Å². The van der Waals surface area contributed by atoms with E-state index >= 15 is 0 Å². The molecule has 0 radical (unpaired) electrons. The Morgan fingerprint density at radius 3 is 2.42 bits per heavy atom. The van der Waals surface area contributed by atoms with Gasteiger partial charge < -0.3 is 5.73 Å². The molecule has 0 spiro atoms. The molecule has 0 aromatic carbocycles. The largest absolute Gasteiger partial charge is 0.328 e. The summed E-state index contributed by atoms with van der Waals surface area (Å²) in [5.41, 5.74) is 6.43. The molecular formula is C11H23N. The van der Waals surface area contributed by atoms with Gasteiger partial charge in [-0.15, -0.1) is 0 Å². The lowest BCUT2D eigenvalue weighted by molar-refractivity contribution is 0.225. The Balaban J connectivity index is 2.32. The lowest BCUT2D eigenvalue weighted by Crippen LogP contribution is -2.29.